The van der Waals surface area contributed by atoms with Gasteiger partial charge in [-0.1, -0.05) is 11.8 Å². The van der Waals surface area contributed by atoms with Gasteiger partial charge in [0.25, 0.3) is 0 Å². The fraction of sp³-hybridized carbons (Fsp3) is 0.833. The van der Waals surface area contributed by atoms with Gasteiger partial charge in [-0.25, -0.2) is 0 Å². The van der Waals surface area contributed by atoms with E-state index in [1.807, 2.05) is 20.8 Å². The Balaban J connectivity index is 1.87. The summed E-state index contributed by atoms with van der Waals surface area (Å²) in [6.07, 6.45) is 2.33. The van der Waals surface area contributed by atoms with E-state index in [4.69, 9.17) is 4.74 Å². The molecule has 0 amide bonds. The molecule has 1 aliphatic rings. The fourth-order valence-corrected chi connectivity index (χ4v) is 2.54. The molecule has 1 aliphatic carbocycles. The fourth-order valence-electron chi connectivity index (χ4n) is 1.69. The third-order valence-electron chi connectivity index (χ3n) is 2.64. The number of aromatic nitrogens is 3. The second-order valence-electron chi connectivity index (χ2n) is 5.47. The first-order chi connectivity index (χ1) is 8.51. The maximum Gasteiger partial charge on any atom is 0.191 e. The molecule has 18 heavy (non-hydrogen) atoms. The van der Waals surface area contributed by atoms with Crippen molar-refractivity contribution in [3.05, 3.63) is 5.82 Å². The number of rotatable bonds is 6. The lowest BCUT2D eigenvalue weighted by molar-refractivity contribution is 0.00692. The van der Waals surface area contributed by atoms with Gasteiger partial charge in [-0.05, 0) is 33.6 Å². The lowest BCUT2D eigenvalue weighted by Crippen LogP contribution is -2.20. The van der Waals surface area contributed by atoms with Gasteiger partial charge >= 0.3 is 0 Å². The van der Waals surface area contributed by atoms with Gasteiger partial charge in [0, 0.05) is 11.8 Å². The maximum atomic E-state index is 9.23. The number of aliphatic hydroxyl groups excluding tert-OH is 1. The molecule has 0 aliphatic heterocycles. The molecule has 102 valence electrons. The van der Waals surface area contributed by atoms with Crippen molar-refractivity contribution in [2.24, 2.45) is 0 Å². The van der Waals surface area contributed by atoms with Crippen LogP contribution in [0.15, 0.2) is 5.16 Å². The summed E-state index contributed by atoms with van der Waals surface area (Å²) in [7, 11) is 0. The van der Waals surface area contributed by atoms with Gasteiger partial charge in [0.2, 0.25) is 0 Å². The van der Waals surface area contributed by atoms with E-state index < -0.39 is 0 Å². The maximum absolute atomic E-state index is 9.23. The van der Waals surface area contributed by atoms with Gasteiger partial charge in [-0.15, -0.1) is 10.2 Å². The van der Waals surface area contributed by atoms with Crippen molar-refractivity contribution in [2.75, 3.05) is 12.4 Å². The van der Waals surface area contributed by atoms with Crippen LogP contribution in [0.1, 0.15) is 45.5 Å². The van der Waals surface area contributed by atoms with Crippen LogP contribution in [-0.2, 0) is 11.3 Å². The molecule has 0 aromatic carbocycles. The molecule has 0 radical (unpaired) electrons. The van der Waals surface area contributed by atoms with E-state index in [1.165, 1.54) is 0 Å². The molecule has 1 fully saturated rings. The van der Waals surface area contributed by atoms with E-state index in [-0.39, 0.29) is 12.2 Å². The third kappa shape index (κ3) is 3.70. The van der Waals surface area contributed by atoms with E-state index in [9.17, 15) is 5.11 Å². The summed E-state index contributed by atoms with van der Waals surface area (Å²) in [5.41, 5.74) is -0.0962. The number of hydrogen-bond donors (Lipinski definition) is 1. The SMILES string of the molecule is CC(C)(C)OCCSc1nnc(CO)n1C1CC1. The van der Waals surface area contributed by atoms with Crippen molar-refractivity contribution >= 4 is 11.8 Å². The Hall–Kier alpha value is -0.590. The molecule has 0 spiro atoms. The van der Waals surface area contributed by atoms with Crippen molar-refractivity contribution in [1.29, 1.82) is 0 Å². The molecule has 2 rings (SSSR count). The van der Waals surface area contributed by atoms with Crippen molar-refractivity contribution in [1.82, 2.24) is 14.8 Å². The second-order valence-corrected chi connectivity index (χ2v) is 6.53. The van der Waals surface area contributed by atoms with Crippen LogP contribution in [-0.4, -0.2) is 37.8 Å². The molecular weight excluding hydrogens is 250 g/mol. The van der Waals surface area contributed by atoms with Gasteiger partial charge in [0.1, 0.15) is 6.61 Å². The average Bonchev–Trinajstić information content (AvgIpc) is 3.04. The lowest BCUT2D eigenvalue weighted by atomic mass is 10.2. The van der Waals surface area contributed by atoms with Crippen molar-refractivity contribution in [3.63, 3.8) is 0 Å². The molecule has 0 saturated heterocycles. The number of ether oxygens (including phenoxy) is 1. The van der Waals surface area contributed by atoms with Crippen LogP contribution in [0.25, 0.3) is 0 Å². The number of nitrogens with zero attached hydrogens (tertiary/aromatic N) is 3. The minimum atomic E-state index is -0.0962. The summed E-state index contributed by atoms with van der Waals surface area (Å²) in [5, 5.41) is 18.3. The summed E-state index contributed by atoms with van der Waals surface area (Å²) >= 11 is 1.65. The molecule has 5 nitrogen and oxygen atoms in total. The smallest absolute Gasteiger partial charge is 0.191 e. The topological polar surface area (TPSA) is 60.2 Å². The van der Waals surface area contributed by atoms with E-state index >= 15 is 0 Å². The highest BCUT2D eigenvalue weighted by Gasteiger charge is 2.29. The normalized spacial score (nSPS) is 16.2. The minimum absolute atomic E-state index is 0.0391. The van der Waals surface area contributed by atoms with Gasteiger partial charge in [-0.2, -0.15) is 0 Å². The highest BCUT2D eigenvalue weighted by molar-refractivity contribution is 7.99. The Morgan fingerprint density at radius 1 is 1.39 bits per heavy atom. The van der Waals surface area contributed by atoms with Crippen LogP contribution < -0.4 is 0 Å². The predicted octanol–water partition coefficient (Wildman–Crippen LogP) is 2.01. The van der Waals surface area contributed by atoms with Crippen molar-refractivity contribution in [2.45, 2.75) is 57.0 Å². The van der Waals surface area contributed by atoms with Gasteiger partial charge in [-0.3, -0.25) is 0 Å². The Morgan fingerprint density at radius 3 is 2.67 bits per heavy atom. The molecule has 6 heteroatoms. The van der Waals surface area contributed by atoms with Crippen molar-refractivity contribution in [3.8, 4) is 0 Å². The Bertz CT molecular complexity index is 397. The molecule has 1 N–H and O–H groups in total. The number of hydrogen-bond acceptors (Lipinski definition) is 5. The molecule has 0 unspecified atom stereocenters. The predicted molar refractivity (Wildman–Crippen MR) is 70.6 cm³/mol. The Morgan fingerprint density at radius 2 is 2.11 bits per heavy atom. The Labute approximate surface area is 112 Å². The third-order valence-corrected chi connectivity index (χ3v) is 3.55. The summed E-state index contributed by atoms with van der Waals surface area (Å²) in [6.45, 7) is 6.80. The van der Waals surface area contributed by atoms with E-state index in [0.717, 1.165) is 23.8 Å². The quantitative estimate of drug-likeness (QED) is 0.633. The zero-order chi connectivity index (χ0) is 13.2. The van der Waals surface area contributed by atoms with Crippen LogP contribution in [0.5, 0.6) is 0 Å². The minimum Gasteiger partial charge on any atom is -0.388 e. The second kappa shape index (κ2) is 5.59. The Kier molecular flexibility index (Phi) is 4.29. The highest BCUT2D eigenvalue weighted by atomic mass is 32.2. The van der Waals surface area contributed by atoms with Gasteiger partial charge < -0.3 is 14.4 Å². The lowest BCUT2D eigenvalue weighted by Gasteiger charge is -2.19. The zero-order valence-corrected chi connectivity index (χ0v) is 12.0. The van der Waals surface area contributed by atoms with E-state index in [2.05, 4.69) is 14.8 Å². The standard InChI is InChI=1S/C12H21N3O2S/c1-12(2,3)17-6-7-18-11-14-13-10(8-16)15(11)9-4-5-9/h9,16H,4-8H2,1-3H3. The molecule has 1 aromatic rings. The number of aliphatic hydroxyl groups is 1. The van der Waals surface area contributed by atoms with Gasteiger partial charge in [0.05, 0.1) is 12.2 Å². The number of thioether (sulfide) groups is 1. The van der Waals surface area contributed by atoms with Crippen LogP contribution in [0.3, 0.4) is 0 Å². The monoisotopic (exact) mass is 271 g/mol. The molecule has 1 saturated carbocycles. The van der Waals surface area contributed by atoms with Crippen LogP contribution >= 0.6 is 11.8 Å². The van der Waals surface area contributed by atoms with E-state index in [0.29, 0.717) is 18.5 Å². The summed E-state index contributed by atoms with van der Waals surface area (Å²) in [6, 6.07) is 0.494. The molecule has 0 bridgehead atoms. The van der Waals surface area contributed by atoms with Crippen LogP contribution in [0, 0.1) is 0 Å². The average molecular weight is 271 g/mol. The molecule has 1 aromatic heterocycles. The summed E-state index contributed by atoms with van der Waals surface area (Å²) < 4.78 is 7.74. The molecule has 0 atom stereocenters. The largest absolute Gasteiger partial charge is 0.388 e. The first-order valence-corrected chi connectivity index (χ1v) is 7.31. The summed E-state index contributed by atoms with van der Waals surface area (Å²) in [4.78, 5) is 0. The zero-order valence-electron chi connectivity index (χ0n) is 11.2. The first kappa shape index (κ1) is 13.8. The van der Waals surface area contributed by atoms with Crippen molar-refractivity contribution < 1.29 is 9.84 Å². The molecular formula is C12H21N3O2S. The van der Waals surface area contributed by atoms with Crippen LogP contribution in [0.4, 0.5) is 0 Å². The van der Waals surface area contributed by atoms with Gasteiger partial charge in [0.15, 0.2) is 11.0 Å². The highest BCUT2D eigenvalue weighted by Crippen LogP contribution is 2.38. The molecule has 1 heterocycles. The van der Waals surface area contributed by atoms with Crippen LogP contribution in [0.2, 0.25) is 0 Å². The van der Waals surface area contributed by atoms with E-state index in [1.54, 1.807) is 11.8 Å². The first-order valence-electron chi connectivity index (χ1n) is 6.32. The summed E-state index contributed by atoms with van der Waals surface area (Å²) in [5.74, 6) is 1.53.